The summed E-state index contributed by atoms with van der Waals surface area (Å²) in [7, 11) is 1.69. The van der Waals surface area contributed by atoms with Crippen LogP contribution in [-0.2, 0) is 17.8 Å². The van der Waals surface area contributed by atoms with Crippen molar-refractivity contribution >= 4 is 21.6 Å². The van der Waals surface area contributed by atoms with Crippen LogP contribution in [0.25, 0.3) is 0 Å². The molecule has 0 aliphatic heterocycles. The topological polar surface area (TPSA) is 39.1 Å². The molecule has 1 heterocycles. The quantitative estimate of drug-likeness (QED) is 0.892. The van der Waals surface area contributed by atoms with Crippen LogP contribution in [0.3, 0.4) is 0 Å². The van der Waals surface area contributed by atoms with Crippen LogP contribution in [0, 0.1) is 0 Å². The number of halogens is 1. The van der Waals surface area contributed by atoms with Gasteiger partial charge in [-0.2, -0.15) is 5.10 Å². The van der Waals surface area contributed by atoms with Gasteiger partial charge in [-0.05, 0) is 17.7 Å². The second-order valence-corrected chi connectivity index (χ2v) is 4.88. The van der Waals surface area contributed by atoms with E-state index in [9.17, 15) is 0 Å². The number of rotatable bonds is 6. The molecule has 0 saturated heterocycles. The fourth-order valence-electron chi connectivity index (χ4n) is 1.57. The molecule has 0 saturated carbocycles. The standard InChI is InChI=1S/C13H16BrN3O/c1-18-7-6-17-10-13(9-16-17)15-8-11-2-4-12(14)5-3-11/h2-5,9-10,15H,6-8H2,1H3. The second-order valence-electron chi connectivity index (χ2n) is 3.96. The molecule has 2 aromatic rings. The number of nitrogens with one attached hydrogen (secondary N) is 1. The van der Waals surface area contributed by atoms with Crippen molar-refractivity contribution in [2.24, 2.45) is 0 Å². The number of methoxy groups -OCH3 is 1. The van der Waals surface area contributed by atoms with E-state index in [1.807, 2.05) is 29.2 Å². The minimum Gasteiger partial charge on any atom is -0.383 e. The Morgan fingerprint density at radius 1 is 1.33 bits per heavy atom. The molecule has 1 aromatic carbocycles. The summed E-state index contributed by atoms with van der Waals surface area (Å²) in [6.07, 6.45) is 3.81. The Bertz CT molecular complexity index is 481. The van der Waals surface area contributed by atoms with Crippen LogP contribution in [0.1, 0.15) is 5.56 Å². The van der Waals surface area contributed by atoms with Gasteiger partial charge < -0.3 is 10.1 Å². The first-order valence-electron chi connectivity index (χ1n) is 5.77. The maximum atomic E-state index is 5.01. The lowest BCUT2D eigenvalue weighted by Gasteiger charge is -2.03. The molecule has 1 aromatic heterocycles. The van der Waals surface area contributed by atoms with Crippen molar-refractivity contribution in [3.05, 3.63) is 46.7 Å². The van der Waals surface area contributed by atoms with Crippen LogP contribution in [0.4, 0.5) is 5.69 Å². The number of hydrogen-bond donors (Lipinski definition) is 1. The SMILES string of the molecule is COCCn1cc(NCc2ccc(Br)cc2)cn1. The molecule has 0 aliphatic carbocycles. The molecule has 0 atom stereocenters. The molecule has 18 heavy (non-hydrogen) atoms. The van der Waals surface area contributed by atoms with Crippen molar-refractivity contribution in [1.82, 2.24) is 9.78 Å². The van der Waals surface area contributed by atoms with Crippen molar-refractivity contribution in [2.45, 2.75) is 13.1 Å². The van der Waals surface area contributed by atoms with E-state index in [1.54, 1.807) is 7.11 Å². The molecule has 4 nitrogen and oxygen atoms in total. The van der Waals surface area contributed by atoms with Crippen LogP contribution < -0.4 is 5.32 Å². The predicted octanol–water partition coefficient (Wildman–Crippen LogP) is 2.90. The maximum absolute atomic E-state index is 5.01. The van der Waals surface area contributed by atoms with Gasteiger partial charge in [-0.25, -0.2) is 0 Å². The Morgan fingerprint density at radius 3 is 2.83 bits per heavy atom. The van der Waals surface area contributed by atoms with Crippen molar-refractivity contribution in [3.8, 4) is 0 Å². The van der Waals surface area contributed by atoms with E-state index in [1.165, 1.54) is 5.56 Å². The summed E-state index contributed by atoms with van der Waals surface area (Å²) >= 11 is 3.42. The van der Waals surface area contributed by atoms with Gasteiger partial charge in [-0.15, -0.1) is 0 Å². The Kier molecular flexibility index (Phi) is 4.78. The summed E-state index contributed by atoms with van der Waals surface area (Å²) < 4.78 is 7.97. The first-order chi connectivity index (χ1) is 8.78. The van der Waals surface area contributed by atoms with Gasteiger partial charge in [0, 0.05) is 24.3 Å². The van der Waals surface area contributed by atoms with Crippen molar-refractivity contribution < 1.29 is 4.74 Å². The summed E-state index contributed by atoms with van der Waals surface area (Å²) in [5, 5.41) is 7.58. The molecule has 1 N–H and O–H groups in total. The van der Waals surface area contributed by atoms with Crippen LogP contribution in [0.15, 0.2) is 41.1 Å². The van der Waals surface area contributed by atoms with E-state index in [4.69, 9.17) is 4.74 Å². The Balaban J connectivity index is 1.86. The van der Waals surface area contributed by atoms with E-state index in [0.717, 1.165) is 23.2 Å². The highest BCUT2D eigenvalue weighted by Gasteiger charge is 1.98. The number of nitrogens with zero attached hydrogens (tertiary/aromatic N) is 2. The van der Waals surface area contributed by atoms with E-state index in [-0.39, 0.29) is 0 Å². The van der Waals surface area contributed by atoms with Gasteiger partial charge in [-0.3, -0.25) is 4.68 Å². The first-order valence-corrected chi connectivity index (χ1v) is 6.57. The van der Waals surface area contributed by atoms with Gasteiger partial charge >= 0.3 is 0 Å². The third kappa shape index (κ3) is 3.85. The molecule has 96 valence electrons. The maximum Gasteiger partial charge on any atom is 0.0729 e. The van der Waals surface area contributed by atoms with Gasteiger partial charge in [0.15, 0.2) is 0 Å². The number of ether oxygens (including phenoxy) is 1. The molecule has 0 fully saturated rings. The predicted molar refractivity (Wildman–Crippen MR) is 75.6 cm³/mol. The van der Waals surface area contributed by atoms with E-state index < -0.39 is 0 Å². The van der Waals surface area contributed by atoms with Gasteiger partial charge in [0.1, 0.15) is 0 Å². The fourth-order valence-corrected chi connectivity index (χ4v) is 1.83. The molecule has 0 bridgehead atoms. The zero-order valence-corrected chi connectivity index (χ0v) is 11.9. The lowest BCUT2D eigenvalue weighted by molar-refractivity contribution is 0.183. The smallest absolute Gasteiger partial charge is 0.0729 e. The van der Waals surface area contributed by atoms with Crippen LogP contribution in [-0.4, -0.2) is 23.5 Å². The highest BCUT2D eigenvalue weighted by atomic mass is 79.9. The molecular weight excluding hydrogens is 294 g/mol. The largest absolute Gasteiger partial charge is 0.383 e. The molecule has 2 rings (SSSR count). The van der Waals surface area contributed by atoms with Crippen molar-refractivity contribution in [2.75, 3.05) is 19.0 Å². The fraction of sp³-hybridized carbons (Fsp3) is 0.308. The van der Waals surface area contributed by atoms with Crippen LogP contribution in [0.5, 0.6) is 0 Å². The van der Waals surface area contributed by atoms with Gasteiger partial charge in [0.05, 0.1) is 25.0 Å². The van der Waals surface area contributed by atoms with Gasteiger partial charge in [0.25, 0.3) is 0 Å². The Labute approximate surface area is 115 Å². The van der Waals surface area contributed by atoms with Gasteiger partial charge in [-0.1, -0.05) is 28.1 Å². The molecule has 0 amide bonds. The van der Waals surface area contributed by atoms with Crippen LogP contribution >= 0.6 is 15.9 Å². The van der Waals surface area contributed by atoms with Gasteiger partial charge in [0.2, 0.25) is 0 Å². The minimum absolute atomic E-state index is 0.674. The summed E-state index contributed by atoms with van der Waals surface area (Å²) in [6.45, 7) is 2.24. The lowest BCUT2D eigenvalue weighted by Crippen LogP contribution is -2.04. The second kappa shape index (κ2) is 6.56. The third-order valence-electron chi connectivity index (χ3n) is 2.57. The average molecular weight is 310 g/mol. The zero-order chi connectivity index (χ0) is 12.8. The normalized spacial score (nSPS) is 10.6. The summed E-state index contributed by atoms with van der Waals surface area (Å²) in [4.78, 5) is 0. The minimum atomic E-state index is 0.674. The monoisotopic (exact) mass is 309 g/mol. The first kappa shape index (κ1) is 13.1. The third-order valence-corrected chi connectivity index (χ3v) is 3.10. The summed E-state index contributed by atoms with van der Waals surface area (Å²) in [6, 6.07) is 8.26. The highest BCUT2D eigenvalue weighted by molar-refractivity contribution is 9.10. The highest BCUT2D eigenvalue weighted by Crippen LogP contribution is 2.12. The van der Waals surface area contributed by atoms with E-state index >= 15 is 0 Å². The summed E-state index contributed by atoms with van der Waals surface area (Å²) in [5.41, 5.74) is 2.26. The summed E-state index contributed by atoms with van der Waals surface area (Å²) in [5.74, 6) is 0. The molecule has 0 unspecified atom stereocenters. The zero-order valence-electron chi connectivity index (χ0n) is 10.3. The van der Waals surface area contributed by atoms with E-state index in [2.05, 4.69) is 38.5 Å². The molecular formula is C13H16BrN3O. The van der Waals surface area contributed by atoms with E-state index in [0.29, 0.717) is 6.61 Å². The van der Waals surface area contributed by atoms with Crippen LogP contribution in [0.2, 0.25) is 0 Å². The number of anilines is 1. The number of benzene rings is 1. The number of hydrogen-bond acceptors (Lipinski definition) is 3. The molecule has 0 radical (unpaired) electrons. The van der Waals surface area contributed by atoms with Crippen molar-refractivity contribution in [3.63, 3.8) is 0 Å². The van der Waals surface area contributed by atoms with Crippen molar-refractivity contribution in [1.29, 1.82) is 0 Å². The average Bonchev–Trinajstić information content (AvgIpc) is 2.84. The number of aromatic nitrogens is 2. The Hall–Kier alpha value is -1.33. The lowest BCUT2D eigenvalue weighted by atomic mass is 10.2. The molecule has 5 heteroatoms. The molecule has 0 spiro atoms. The Morgan fingerprint density at radius 2 is 2.11 bits per heavy atom. The molecule has 0 aliphatic rings.